The standard InChI is InChI=1S/C16H27N3O2S/c1-3-12-22-13-9-19-16(17-4-2)18-8-6-10-20-14-15-7-5-11-21-15/h3,5,7,11H,1,4,6,8-10,12-14H2,2H3,(H2,17,18,19). The average Bonchev–Trinajstić information content (AvgIpc) is 3.03. The predicted octanol–water partition coefficient (Wildman–Crippen LogP) is 2.66. The lowest BCUT2D eigenvalue weighted by Crippen LogP contribution is -2.38. The highest BCUT2D eigenvalue weighted by Gasteiger charge is 1.97. The Labute approximate surface area is 137 Å². The molecule has 1 heterocycles. The fraction of sp³-hybridized carbons (Fsp3) is 0.562. The van der Waals surface area contributed by atoms with Gasteiger partial charge in [-0.2, -0.15) is 11.8 Å². The van der Waals surface area contributed by atoms with Gasteiger partial charge >= 0.3 is 0 Å². The highest BCUT2D eigenvalue weighted by Crippen LogP contribution is 2.01. The molecule has 0 radical (unpaired) electrons. The van der Waals surface area contributed by atoms with Crippen molar-refractivity contribution < 1.29 is 9.15 Å². The van der Waals surface area contributed by atoms with Gasteiger partial charge in [-0.1, -0.05) is 6.08 Å². The third kappa shape index (κ3) is 9.52. The second-order valence-corrected chi connectivity index (χ2v) is 5.69. The average molecular weight is 325 g/mol. The third-order valence-electron chi connectivity index (χ3n) is 2.66. The van der Waals surface area contributed by atoms with E-state index in [2.05, 4.69) is 29.1 Å². The molecule has 0 aliphatic heterocycles. The van der Waals surface area contributed by atoms with Gasteiger partial charge < -0.3 is 19.8 Å². The number of ether oxygens (including phenoxy) is 1. The van der Waals surface area contributed by atoms with E-state index in [-0.39, 0.29) is 0 Å². The zero-order valence-corrected chi connectivity index (χ0v) is 14.2. The molecule has 0 atom stereocenters. The molecule has 124 valence electrons. The van der Waals surface area contributed by atoms with E-state index in [1.165, 1.54) is 0 Å². The van der Waals surface area contributed by atoms with E-state index in [1.807, 2.05) is 30.0 Å². The lowest BCUT2D eigenvalue weighted by Gasteiger charge is -2.10. The van der Waals surface area contributed by atoms with Gasteiger partial charge in [-0.3, -0.25) is 4.99 Å². The molecule has 1 aromatic heterocycles. The lowest BCUT2D eigenvalue weighted by molar-refractivity contribution is 0.105. The first-order valence-electron chi connectivity index (χ1n) is 7.67. The maximum absolute atomic E-state index is 5.53. The molecule has 5 nitrogen and oxygen atoms in total. The van der Waals surface area contributed by atoms with Crippen LogP contribution in [0.3, 0.4) is 0 Å². The van der Waals surface area contributed by atoms with E-state index in [1.54, 1.807) is 6.26 Å². The minimum Gasteiger partial charge on any atom is -0.467 e. The van der Waals surface area contributed by atoms with Gasteiger partial charge in [-0.25, -0.2) is 0 Å². The second-order valence-electron chi connectivity index (χ2n) is 4.54. The van der Waals surface area contributed by atoms with Crippen LogP contribution in [0.25, 0.3) is 0 Å². The zero-order valence-electron chi connectivity index (χ0n) is 13.3. The van der Waals surface area contributed by atoms with Gasteiger partial charge in [0.2, 0.25) is 0 Å². The lowest BCUT2D eigenvalue weighted by atomic mass is 10.4. The Balaban J connectivity index is 2.08. The fourth-order valence-electron chi connectivity index (χ4n) is 1.67. The topological polar surface area (TPSA) is 58.8 Å². The summed E-state index contributed by atoms with van der Waals surface area (Å²) >= 11 is 1.85. The van der Waals surface area contributed by atoms with Crippen LogP contribution in [-0.4, -0.2) is 43.7 Å². The quantitative estimate of drug-likeness (QED) is 0.268. The Morgan fingerprint density at radius 3 is 3.14 bits per heavy atom. The number of rotatable bonds is 12. The van der Waals surface area contributed by atoms with Crippen LogP contribution < -0.4 is 10.6 Å². The number of hydrogen-bond donors (Lipinski definition) is 2. The van der Waals surface area contributed by atoms with Crippen molar-refractivity contribution >= 4 is 17.7 Å². The van der Waals surface area contributed by atoms with Crippen molar-refractivity contribution in [3.8, 4) is 0 Å². The monoisotopic (exact) mass is 325 g/mol. The molecule has 0 spiro atoms. The number of hydrogen-bond acceptors (Lipinski definition) is 4. The number of nitrogens with one attached hydrogen (secondary N) is 2. The van der Waals surface area contributed by atoms with Crippen LogP contribution in [-0.2, 0) is 11.3 Å². The summed E-state index contributed by atoms with van der Waals surface area (Å²) in [6.07, 6.45) is 4.47. The predicted molar refractivity (Wildman–Crippen MR) is 94.5 cm³/mol. The van der Waals surface area contributed by atoms with Gasteiger partial charge in [-0.05, 0) is 25.5 Å². The largest absolute Gasteiger partial charge is 0.467 e. The number of nitrogens with zero attached hydrogens (tertiary/aromatic N) is 1. The summed E-state index contributed by atoms with van der Waals surface area (Å²) in [5, 5.41) is 6.56. The summed E-state index contributed by atoms with van der Waals surface area (Å²) in [4.78, 5) is 4.53. The molecular formula is C16H27N3O2S. The molecule has 0 fully saturated rings. The SMILES string of the molecule is C=CCSCCNC(=NCCCOCc1ccco1)NCC. The summed E-state index contributed by atoms with van der Waals surface area (Å²) in [5.41, 5.74) is 0. The van der Waals surface area contributed by atoms with Gasteiger partial charge in [-0.15, -0.1) is 6.58 Å². The Hall–Kier alpha value is -1.40. The summed E-state index contributed by atoms with van der Waals surface area (Å²) in [5.74, 6) is 3.76. The molecular weight excluding hydrogens is 298 g/mol. The Morgan fingerprint density at radius 1 is 1.50 bits per heavy atom. The smallest absolute Gasteiger partial charge is 0.191 e. The van der Waals surface area contributed by atoms with Crippen molar-refractivity contribution in [3.63, 3.8) is 0 Å². The fourth-order valence-corrected chi connectivity index (χ4v) is 2.25. The molecule has 0 unspecified atom stereocenters. The van der Waals surface area contributed by atoms with Crippen LogP contribution in [0.15, 0.2) is 40.5 Å². The number of aliphatic imine (C=N–C) groups is 1. The Kier molecular flexibility index (Phi) is 11.3. The van der Waals surface area contributed by atoms with Gasteiger partial charge in [0.15, 0.2) is 5.96 Å². The number of guanidine groups is 1. The molecule has 0 bridgehead atoms. The van der Waals surface area contributed by atoms with E-state index in [0.29, 0.717) is 13.2 Å². The van der Waals surface area contributed by atoms with Gasteiger partial charge in [0.25, 0.3) is 0 Å². The zero-order chi connectivity index (χ0) is 15.9. The molecule has 0 aliphatic rings. The summed E-state index contributed by atoms with van der Waals surface area (Å²) in [6, 6.07) is 3.78. The molecule has 2 N–H and O–H groups in total. The summed E-state index contributed by atoms with van der Waals surface area (Å²) in [7, 11) is 0. The molecule has 1 aromatic rings. The van der Waals surface area contributed by atoms with Crippen molar-refractivity contribution in [2.45, 2.75) is 20.0 Å². The molecule has 22 heavy (non-hydrogen) atoms. The van der Waals surface area contributed by atoms with E-state index in [4.69, 9.17) is 9.15 Å². The van der Waals surface area contributed by atoms with E-state index >= 15 is 0 Å². The molecule has 0 aromatic carbocycles. The Bertz CT molecular complexity index is 408. The van der Waals surface area contributed by atoms with Crippen molar-refractivity contribution in [2.75, 3.05) is 37.7 Å². The summed E-state index contributed by atoms with van der Waals surface area (Å²) < 4.78 is 10.7. The van der Waals surface area contributed by atoms with Crippen LogP contribution in [0.5, 0.6) is 0 Å². The van der Waals surface area contributed by atoms with Crippen LogP contribution in [0.2, 0.25) is 0 Å². The van der Waals surface area contributed by atoms with E-state index in [9.17, 15) is 0 Å². The van der Waals surface area contributed by atoms with Crippen molar-refractivity contribution in [2.24, 2.45) is 4.99 Å². The molecule has 0 amide bonds. The normalized spacial score (nSPS) is 11.4. The van der Waals surface area contributed by atoms with Crippen LogP contribution >= 0.6 is 11.8 Å². The molecule has 6 heteroatoms. The number of thioether (sulfide) groups is 1. The minimum absolute atomic E-state index is 0.523. The Morgan fingerprint density at radius 2 is 2.41 bits per heavy atom. The van der Waals surface area contributed by atoms with Crippen molar-refractivity contribution in [3.05, 3.63) is 36.8 Å². The van der Waals surface area contributed by atoms with Crippen LogP contribution in [0, 0.1) is 0 Å². The first-order valence-corrected chi connectivity index (χ1v) is 8.83. The maximum atomic E-state index is 5.53. The van der Waals surface area contributed by atoms with E-state index < -0.39 is 0 Å². The second kappa shape index (κ2) is 13.3. The highest BCUT2D eigenvalue weighted by atomic mass is 32.2. The molecule has 0 aliphatic carbocycles. The van der Waals surface area contributed by atoms with E-state index in [0.717, 1.165) is 49.3 Å². The van der Waals surface area contributed by atoms with Gasteiger partial charge in [0.05, 0.1) is 6.26 Å². The minimum atomic E-state index is 0.523. The van der Waals surface area contributed by atoms with Gasteiger partial charge in [0, 0.05) is 37.7 Å². The molecule has 0 saturated heterocycles. The first kappa shape index (κ1) is 18.6. The summed E-state index contributed by atoms with van der Waals surface area (Å²) in [6.45, 7) is 9.48. The van der Waals surface area contributed by atoms with Gasteiger partial charge in [0.1, 0.15) is 12.4 Å². The number of furan rings is 1. The highest BCUT2D eigenvalue weighted by molar-refractivity contribution is 7.99. The van der Waals surface area contributed by atoms with Crippen LogP contribution in [0.4, 0.5) is 0 Å². The first-order chi connectivity index (χ1) is 10.9. The third-order valence-corrected chi connectivity index (χ3v) is 3.62. The van der Waals surface area contributed by atoms with Crippen LogP contribution in [0.1, 0.15) is 19.1 Å². The molecule has 0 saturated carbocycles. The molecule has 1 rings (SSSR count). The van der Waals surface area contributed by atoms with Crippen molar-refractivity contribution in [1.29, 1.82) is 0 Å². The van der Waals surface area contributed by atoms with Crippen molar-refractivity contribution in [1.82, 2.24) is 10.6 Å². The maximum Gasteiger partial charge on any atom is 0.191 e.